The van der Waals surface area contributed by atoms with Crippen molar-refractivity contribution >= 4 is 5.69 Å². The smallest absolute Gasteiger partial charge is 0.288 e. The van der Waals surface area contributed by atoms with Crippen LogP contribution in [-0.4, -0.2) is 16.5 Å². The molecule has 0 aliphatic rings. The van der Waals surface area contributed by atoms with Crippen molar-refractivity contribution in [1.82, 2.24) is 4.98 Å². The molecule has 1 aromatic heterocycles. The Labute approximate surface area is 111 Å². The van der Waals surface area contributed by atoms with Crippen molar-refractivity contribution in [3.05, 3.63) is 59.6 Å². The molecule has 1 radical (unpaired) electrons. The third-order valence-corrected chi connectivity index (χ3v) is 2.52. The number of aromatic nitrogens is 1. The van der Waals surface area contributed by atoms with E-state index < -0.39 is 4.92 Å². The second-order valence-electron chi connectivity index (χ2n) is 3.87. The molecule has 2 aromatic rings. The highest BCUT2D eigenvalue weighted by Gasteiger charge is 2.14. The minimum atomic E-state index is -0.468. The van der Waals surface area contributed by atoms with Crippen molar-refractivity contribution in [2.24, 2.45) is 0 Å². The van der Waals surface area contributed by atoms with E-state index in [0.717, 1.165) is 5.56 Å². The van der Waals surface area contributed by atoms with Gasteiger partial charge in [0.05, 0.1) is 17.1 Å². The van der Waals surface area contributed by atoms with E-state index in [1.807, 2.05) is 30.3 Å². The first-order valence-electron chi connectivity index (χ1n) is 5.84. The van der Waals surface area contributed by atoms with Crippen LogP contribution in [0.15, 0.2) is 42.6 Å². The number of pyridine rings is 1. The van der Waals surface area contributed by atoms with Gasteiger partial charge in [0.1, 0.15) is 6.20 Å². The largest absolute Gasteiger partial charge is 0.477 e. The highest BCUT2D eigenvalue weighted by molar-refractivity contribution is 5.70. The molecule has 0 saturated heterocycles. The Balaban J connectivity index is 2.47. The van der Waals surface area contributed by atoms with Crippen molar-refractivity contribution in [3.63, 3.8) is 0 Å². The van der Waals surface area contributed by atoms with Crippen LogP contribution < -0.4 is 4.74 Å². The average molecular weight is 257 g/mol. The van der Waals surface area contributed by atoms with E-state index in [1.54, 1.807) is 0 Å². The van der Waals surface area contributed by atoms with Crippen molar-refractivity contribution in [1.29, 1.82) is 0 Å². The summed E-state index contributed by atoms with van der Waals surface area (Å²) in [6.45, 7) is 4.11. The number of rotatable bonds is 5. The first-order chi connectivity index (χ1) is 9.22. The van der Waals surface area contributed by atoms with Gasteiger partial charge in [-0.15, -0.1) is 0 Å². The Kier molecular flexibility index (Phi) is 4.07. The highest BCUT2D eigenvalue weighted by atomic mass is 16.6. The summed E-state index contributed by atoms with van der Waals surface area (Å²) < 4.78 is 5.48. The Morgan fingerprint density at radius 2 is 2.05 bits per heavy atom. The van der Waals surface area contributed by atoms with Crippen molar-refractivity contribution in [2.45, 2.75) is 6.42 Å². The Morgan fingerprint density at radius 3 is 2.68 bits per heavy atom. The molecule has 0 spiro atoms. The summed E-state index contributed by atoms with van der Waals surface area (Å²) >= 11 is 0. The molecule has 0 bridgehead atoms. The summed E-state index contributed by atoms with van der Waals surface area (Å²) in [6.07, 6.45) is 1.80. The third kappa shape index (κ3) is 3.07. The molecule has 1 heterocycles. The van der Waals surface area contributed by atoms with Gasteiger partial charge >= 0.3 is 0 Å². The van der Waals surface area contributed by atoms with Crippen molar-refractivity contribution < 1.29 is 9.66 Å². The number of ether oxygens (including phenoxy) is 1. The molecule has 5 nitrogen and oxygen atoms in total. The van der Waals surface area contributed by atoms with Crippen molar-refractivity contribution in [2.75, 3.05) is 6.61 Å². The lowest BCUT2D eigenvalue weighted by Gasteiger charge is -2.09. The van der Waals surface area contributed by atoms with E-state index in [2.05, 4.69) is 11.9 Å². The van der Waals surface area contributed by atoms with Gasteiger partial charge in [-0.05, 0) is 18.9 Å². The molecule has 0 aliphatic carbocycles. The second-order valence-corrected chi connectivity index (χ2v) is 3.87. The summed E-state index contributed by atoms with van der Waals surface area (Å²) in [5.74, 6) is 0.389. The third-order valence-electron chi connectivity index (χ3n) is 2.52. The highest BCUT2D eigenvalue weighted by Crippen LogP contribution is 2.31. The zero-order valence-corrected chi connectivity index (χ0v) is 10.3. The predicted molar refractivity (Wildman–Crippen MR) is 71.8 cm³/mol. The average Bonchev–Trinajstić information content (AvgIpc) is 2.45. The van der Waals surface area contributed by atoms with E-state index in [1.165, 1.54) is 12.3 Å². The fraction of sp³-hybridized carbons (Fsp3) is 0.143. The molecule has 0 fully saturated rings. The van der Waals surface area contributed by atoms with Crippen LogP contribution in [0.2, 0.25) is 0 Å². The quantitative estimate of drug-likeness (QED) is 0.609. The van der Waals surface area contributed by atoms with Crippen LogP contribution in [0.4, 0.5) is 5.69 Å². The monoisotopic (exact) mass is 257 g/mol. The van der Waals surface area contributed by atoms with Gasteiger partial charge in [0.25, 0.3) is 5.69 Å². The minimum Gasteiger partial charge on any atom is -0.477 e. The van der Waals surface area contributed by atoms with Gasteiger partial charge < -0.3 is 4.74 Å². The molecular formula is C14H13N2O3. The zero-order valence-electron chi connectivity index (χ0n) is 10.3. The molecule has 0 amide bonds. The van der Waals surface area contributed by atoms with Crippen LogP contribution in [0.1, 0.15) is 6.42 Å². The molecule has 19 heavy (non-hydrogen) atoms. The molecule has 0 unspecified atom stereocenters. The second kappa shape index (κ2) is 5.95. The number of hydrogen-bond donors (Lipinski definition) is 0. The molecule has 5 heteroatoms. The first-order valence-corrected chi connectivity index (χ1v) is 5.84. The zero-order chi connectivity index (χ0) is 13.7. The molecule has 0 aliphatic heterocycles. The van der Waals surface area contributed by atoms with E-state index in [9.17, 15) is 10.1 Å². The molecule has 97 valence electrons. The number of nitro groups is 1. The summed E-state index contributed by atoms with van der Waals surface area (Å²) in [6, 6.07) is 10.8. The minimum absolute atomic E-state index is 0.0548. The normalized spacial score (nSPS) is 10.2. The Hall–Kier alpha value is -2.43. The van der Waals surface area contributed by atoms with Crippen LogP contribution in [0.25, 0.3) is 11.1 Å². The Morgan fingerprint density at radius 1 is 1.32 bits per heavy atom. The van der Waals surface area contributed by atoms with Crippen LogP contribution in [0.3, 0.4) is 0 Å². The number of hydrogen-bond acceptors (Lipinski definition) is 4. The van der Waals surface area contributed by atoms with Crippen LogP contribution >= 0.6 is 0 Å². The maximum Gasteiger partial charge on any atom is 0.288 e. The maximum absolute atomic E-state index is 10.8. The fourth-order valence-corrected chi connectivity index (χ4v) is 1.65. The first kappa shape index (κ1) is 13.0. The van der Waals surface area contributed by atoms with Crippen LogP contribution in [-0.2, 0) is 0 Å². The van der Waals surface area contributed by atoms with Gasteiger partial charge in [0.2, 0.25) is 5.88 Å². The number of benzene rings is 1. The lowest BCUT2D eigenvalue weighted by molar-refractivity contribution is -0.385. The molecule has 0 atom stereocenters. The summed E-state index contributed by atoms with van der Waals surface area (Å²) in [7, 11) is 0. The van der Waals surface area contributed by atoms with Crippen molar-refractivity contribution in [3.8, 4) is 17.0 Å². The van der Waals surface area contributed by atoms with Gasteiger partial charge in [-0.2, -0.15) is 0 Å². The summed E-state index contributed by atoms with van der Waals surface area (Å²) in [4.78, 5) is 14.4. The van der Waals surface area contributed by atoms with E-state index in [4.69, 9.17) is 4.74 Å². The standard InChI is InChI=1S/C14H13N2O3/c1-2-8-19-14-13(11-6-4-3-5-7-11)9-12(10-15-14)16(17)18/h3-7,9-10H,1-2,8H2. The molecule has 1 aromatic carbocycles. The summed E-state index contributed by atoms with van der Waals surface area (Å²) in [5.41, 5.74) is 1.39. The molecule has 0 N–H and O–H groups in total. The van der Waals surface area contributed by atoms with Gasteiger partial charge in [0, 0.05) is 6.07 Å². The maximum atomic E-state index is 10.8. The lowest BCUT2D eigenvalue weighted by atomic mass is 10.1. The van der Waals surface area contributed by atoms with E-state index in [-0.39, 0.29) is 5.69 Å². The van der Waals surface area contributed by atoms with E-state index >= 15 is 0 Å². The van der Waals surface area contributed by atoms with Gasteiger partial charge in [-0.3, -0.25) is 10.1 Å². The SMILES string of the molecule is [CH2]CCOc1ncc([N+](=O)[O-])cc1-c1ccccc1. The predicted octanol–water partition coefficient (Wildman–Crippen LogP) is 3.26. The topological polar surface area (TPSA) is 65.3 Å². The van der Waals surface area contributed by atoms with E-state index in [0.29, 0.717) is 24.5 Å². The molecule has 0 saturated carbocycles. The lowest BCUT2D eigenvalue weighted by Crippen LogP contribution is -2.00. The molecular weight excluding hydrogens is 244 g/mol. The van der Waals surface area contributed by atoms with Crippen LogP contribution in [0.5, 0.6) is 5.88 Å². The number of nitrogens with zero attached hydrogens (tertiary/aromatic N) is 2. The summed E-state index contributed by atoms with van der Waals surface area (Å²) in [5, 5.41) is 10.8. The van der Waals surface area contributed by atoms with Gasteiger partial charge in [-0.1, -0.05) is 30.3 Å². The van der Waals surface area contributed by atoms with Gasteiger partial charge in [-0.25, -0.2) is 4.98 Å². The van der Waals surface area contributed by atoms with Gasteiger partial charge in [0.15, 0.2) is 0 Å². The fourth-order valence-electron chi connectivity index (χ4n) is 1.65. The van der Waals surface area contributed by atoms with Crippen LogP contribution in [0, 0.1) is 17.0 Å². The Bertz CT molecular complexity index is 570. The molecule has 2 rings (SSSR count).